The fraction of sp³-hybridized carbons (Fsp3) is 0.300. The van der Waals surface area contributed by atoms with E-state index >= 15 is 0 Å². The normalized spacial score (nSPS) is 21.4. The van der Waals surface area contributed by atoms with Crippen molar-refractivity contribution in [3.05, 3.63) is 33.1 Å². The average molecular weight is 290 g/mol. The first-order valence-corrected chi connectivity index (χ1v) is 5.24. The van der Waals surface area contributed by atoms with Gasteiger partial charge in [0.1, 0.15) is 11.6 Å². The Hall–Kier alpha value is -0.450. The fourth-order valence-corrected chi connectivity index (χ4v) is 2.40. The first-order chi connectivity index (χ1) is 6.20. The Morgan fingerprint density at radius 2 is 2.23 bits per heavy atom. The zero-order chi connectivity index (χ0) is 9.42. The van der Waals surface area contributed by atoms with E-state index in [2.05, 4.69) is 22.6 Å². The molecule has 1 atom stereocenters. The molecule has 0 amide bonds. The molecule has 0 aromatic heterocycles. The molecular formula is C10H8FIO. The number of halogens is 2. The standard InChI is InChI=1S/C10H8FIO/c11-7-2-1-3-8(12)10(7)6-4-5-9(6)13/h1-3,6H,4-5H2. The Balaban J connectivity index is 2.44. The Bertz CT molecular complexity index is 342. The summed E-state index contributed by atoms with van der Waals surface area (Å²) >= 11 is 2.08. The second kappa shape index (κ2) is 3.36. The van der Waals surface area contributed by atoms with Crippen LogP contribution in [0.5, 0.6) is 0 Å². The van der Waals surface area contributed by atoms with Gasteiger partial charge in [-0.1, -0.05) is 6.07 Å². The van der Waals surface area contributed by atoms with Crippen LogP contribution in [0.1, 0.15) is 24.3 Å². The van der Waals surface area contributed by atoms with Gasteiger partial charge in [0.15, 0.2) is 0 Å². The minimum atomic E-state index is -0.245. The lowest BCUT2D eigenvalue weighted by atomic mass is 9.78. The summed E-state index contributed by atoms with van der Waals surface area (Å²) in [6.45, 7) is 0. The molecule has 1 aromatic carbocycles. The quantitative estimate of drug-likeness (QED) is 0.727. The van der Waals surface area contributed by atoms with Gasteiger partial charge < -0.3 is 0 Å². The third-order valence-corrected chi connectivity index (χ3v) is 3.36. The molecule has 0 radical (unpaired) electrons. The number of rotatable bonds is 1. The predicted molar refractivity (Wildman–Crippen MR) is 56.1 cm³/mol. The molecule has 0 spiro atoms. The van der Waals surface area contributed by atoms with Gasteiger partial charge in [-0.2, -0.15) is 0 Å². The number of ketones is 1. The minimum absolute atomic E-state index is 0.169. The third-order valence-electron chi connectivity index (χ3n) is 2.42. The van der Waals surface area contributed by atoms with Crippen LogP contribution in [-0.4, -0.2) is 5.78 Å². The highest BCUT2D eigenvalue weighted by Gasteiger charge is 2.32. The first-order valence-electron chi connectivity index (χ1n) is 4.17. The zero-order valence-corrected chi connectivity index (χ0v) is 9.05. The van der Waals surface area contributed by atoms with Crippen molar-refractivity contribution in [2.75, 3.05) is 0 Å². The molecule has 0 bridgehead atoms. The van der Waals surface area contributed by atoms with Crippen molar-refractivity contribution < 1.29 is 9.18 Å². The maximum atomic E-state index is 13.3. The van der Waals surface area contributed by atoms with Crippen LogP contribution < -0.4 is 0 Å². The lowest BCUT2D eigenvalue weighted by molar-refractivity contribution is -0.125. The second-order valence-corrected chi connectivity index (χ2v) is 4.36. The van der Waals surface area contributed by atoms with Crippen LogP contribution in [0.4, 0.5) is 4.39 Å². The summed E-state index contributed by atoms with van der Waals surface area (Å²) in [6.07, 6.45) is 1.41. The van der Waals surface area contributed by atoms with Gasteiger partial charge in [-0.3, -0.25) is 4.79 Å². The summed E-state index contributed by atoms with van der Waals surface area (Å²) < 4.78 is 14.2. The summed E-state index contributed by atoms with van der Waals surface area (Å²) in [5.74, 6) is -0.249. The molecule has 0 aliphatic heterocycles. The van der Waals surface area contributed by atoms with Gasteiger partial charge in [-0.25, -0.2) is 4.39 Å². The van der Waals surface area contributed by atoms with E-state index < -0.39 is 0 Å². The highest BCUT2D eigenvalue weighted by atomic mass is 127. The number of hydrogen-bond donors (Lipinski definition) is 0. The van der Waals surface area contributed by atoms with Gasteiger partial charge in [0.05, 0.1) is 0 Å². The van der Waals surface area contributed by atoms with E-state index in [0.717, 1.165) is 9.99 Å². The molecule has 0 saturated heterocycles. The lowest BCUT2D eigenvalue weighted by Crippen LogP contribution is -2.25. The molecule has 1 aliphatic rings. The average Bonchev–Trinajstić information content (AvgIpc) is 2.09. The molecule has 1 nitrogen and oxygen atoms in total. The molecular weight excluding hydrogens is 282 g/mol. The van der Waals surface area contributed by atoms with Gasteiger partial charge >= 0.3 is 0 Å². The van der Waals surface area contributed by atoms with Crippen LogP contribution in [0.2, 0.25) is 0 Å². The van der Waals surface area contributed by atoms with Crippen LogP contribution in [0.3, 0.4) is 0 Å². The van der Waals surface area contributed by atoms with Crippen molar-refractivity contribution in [2.24, 2.45) is 0 Å². The molecule has 1 unspecified atom stereocenters. The van der Waals surface area contributed by atoms with Crippen LogP contribution in [0.25, 0.3) is 0 Å². The minimum Gasteiger partial charge on any atom is -0.299 e. The molecule has 1 aromatic rings. The van der Waals surface area contributed by atoms with E-state index in [9.17, 15) is 9.18 Å². The van der Waals surface area contributed by atoms with E-state index in [4.69, 9.17) is 0 Å². The molecule has 0 N–H and O–H groups in total. The van der Waals surface area contributed by atoms with Crippen molar-refractivity contribution >= 4 is 28.4 Å². The van der Waals surface area contributed by atoms with Crippen LogP contribution in [0, 0.1) is 9.39 Å². The van der Waals surface area contributed by atoms with Crippen LogP contribution in [-0.2, 0) is 4.79 Å². The fourth-order valence-electron chi connectivity index (χ4n) is 1.56. The van der Waals surface area contributed by atoms with Gasteiger partial charge in [-0.05, 0) is 41.1 Å². The largest absolute Gasteiger partial charge is 0.299 e. The molecule has 68 valence electrons. The van der Waals surface area contributed by atoms with Crippen molar-refractivity contribution in [1.29, 1.82) is 0 Å². The highest BCUT2D eigenvalue weighted by molar-refractivity contribution is 14.1. The molecule has 3 heteroatoms. The Morgan fingerprint density at radius 3 is 2.69 bits per heavy atom. The molecule has 2 rings (SSSR count). The Labute approximate surface area is 89.5 Å². The number of carbonyl (C=O) groups is 1. The van der Waals surface area contributed by atoms with E-state index in [1.165, 1.54) is 6.07 Å². The van der Waals surface area contributed by atoms with E-state index in [-0.39, 0.29) is 17.5 Å². The Morgan fingerprint density at radius 1 is 1.46 bits per heavy atom. The topological polar surface area (TPSA) is 17.1 Å². The van der Waals surface area contributed by atoms with E-state index in [0.29, 0.717) is 12.0 Å². The maximum absolute atomic E-state index is 13.3. The van der Waals surface area contributed by atoms with Crippen LogP contribution >= 0.6 is 22.6 Å². The molecule has 1 aliphatic carbocycles. The molecule has 13 heavy (non-hydrogen) atoms. The number of benzene rings is 1. The summed E-state index contributed by atoms with van der Waals surface area (Å²) in [7, 11) is 0. The van der Waals surface area contributed by atoms with Gasteiger partial charge in [-0.15, -0.1) is 0 Å². The lowest BCUT2D eigenvalue weighted by Gasteiger charge is -2.25. The zero-order valence-electron chi connectivity index (χ0n) is 6.89. The SMILES string of the molecule is O=C1CCC1c1c(F)cccc1I. The number of carbonyl (C=O) groups excluding carboxylic acids is 1. The predicted octanol–water partition coefficient (Wildman–Crippen LogP) is 2.88. The van der Waals surface area contributed by atoms with Gasteiger partial charge in [0.25, 0.3) is 0 Å². The summed E-state index contributed by atoms with van der Waals surface area (Å²) in [6, 6.07) is 4.93. The Kier molecular flexibility index (Phi) is 2.36. The highest BCUT2D eigenvalue weighted by Crippen LogP contribution is 2.36. The molecule has 0 heterocycles. The van der Waals surface area contributed by atoms with Gasteiger partial charge in [0, 0.05) is 21.5 Å². The smallest absolute Gasteiger partial charge is 0.140 e. The van der Waals surface area contributed by atoms with E-state index in [1.807, 2.05) is 6.07 Å². The maximum Gasteiger partial charge on any atom is 0.140 e. The monoisotopic (exact) mass is 290 g/mol. The number of hydrogen-bond acceptors (Lipinski definition) is 1. The third kappa shape index (κ3) is 1.49. The summed E-state index contributed by atoms with van der Waals surface area (Å²) in [4.78, 5) is 11.2. The van der Waals surface area contributed by atoms with Crippen molar-refractivity contribution in [1.82, 2.24) is 0 Å². The van der Waals surface area contributed by atoms with Crippen molar-refractivity contribution in [2.45, 2.75) is 18.8 Å². The second-order valence-electron chi connectivity index (χ2n) is 3.19. The number of Topliss-reactive ketones (excluding diaryl/α,β-unsaturated/α-hetero) is 1. The summed E-state index contributed by atoms with van der Waals surface area (Å²) in [5.41, 5.74) is 0.597. The first kappa shape index (κ1) is 9.12. The molecule has 1 fully saturated rings. The van der Waals surface area contributed by atoms with Crippen LogP contribution in [0.15, 0.2) is 18.2 Å². The van der Waals surface area contributed by atoms with Crippen molar-refractivity contribution in [3.8, 4) is 0 Å². The van der Waals surface area contributed by atoms with E-state index in [1.54, 1.807) is 6.07 Å². The summed E-state index contributed by atoms with van der Waals surface area (Å²) in [5, 5.41) is 0. The van der Waals surface area contributed by atoms with Gasteiger partial charge in [0.2, 0.25) is 0 Å². The van der Waals surface area contributed by atoms with Crippen molar-refractivity contribution in [3.63, 3.8) is 0 Å². The molecule has 1 saturated carbocycles.